The maximum atomic E-state index is 5.83. The third-order valence-corrected chi connectivity index (χ3v) is 20.6. The van der Waals surface area contributed by atoms with Crippen LogP contribution in [0.1, 0.15) is 60.8 Å². The van der Waals surface area contributed by atoms with Crippen molar-refractivity contribution in [3.63, 3.8) is 0 Å². The van der Waals surface area contributed by atoms with Crippen molar-refractivity contribution in [2.45, 2.75) is 39.5 Å². The van der Waals surface area contributed by atoms with Crippen molar-refractivity contribution in [3.05, 3.63) is 266 Å². The number of hydrogen-bond acceptors (Lipinski definition) is 23. The van der Waals surface area contributed by atoms with Gasteiger partial charge in [0.2, 0.25) is 0 Å². The Morgan fingerprint density at radius 2 is 0.878 bits per heavy atom. The molecule has 4 aliphatic carbocycles. The number of ether oxygens (including phenoxy) is 4. The van der Waals surface area contributed by atoms with Gasteiger partial charge in [0.1, 0.15) is 77.2 Å². The molecule has 0 atom stereocenters. The zero-order chi connectivity index (χ0) is 78.1. The number of allylic oxidation sites excluding steroid dienone is 16. The molecule has 0 spiro atoms. The van der Waals surface area contributed by atoms with Crippen LogP contribution in [-0.2, 0) is 7.05 Å². The van der Waals surface area contributed by atoms with Crippen LogP contribution in [0, 0.1) is 6.92 Å². The molecule has 12 aromatic heterocycles. The quantitative estimate of drug-likeness (QED) is 0.0331. The van der Waals surface area contributed by atoms with Crippen molar-refractivity contribution in [2.75, 3.05) is 49.2 Å². The number of aryl methyl sites for hydroxylation is 2. The second kappa shape index (κ2) is 32.9. The van der Waals surface area contributed by atoms with Crippen LogP contribution >= 0.6 is 11.3 Å². The first kappa shape index (κ1) is 72.8. The van der Waals surface area contributed by atoms with E-state index in [9.17, 15) is 0 Å². The first-order valence-corrected chi connectivity index (χ1v) is 37.9. The van der Waals surface area contributed by atoms with Crippen molar-refractivity contribution in [2.24, 2.45) is 7.05 Å². The van der Waals surface area contributed by atoms with Crippen molar-refractivity contribution in [1.29, 1.82) is 0 Å². The second-order valence-electron chi connectivity index (χ2n) is 26.6. The lowest BCUT2D eigenvalue weighted by atomic mass is 10.1. The first-order chi connectivity index (χ1) is 56.6. The number of rotatable bonds is 21. The predicted octanol–water partition coefficient (Wildman–Crippen LogP) is 19.7. The van der Waals surface area contributed by atoms with Gasteiger partial charge in [0, 0.05) is 46.6 Å². The molecule has 12 heterocycles. The number of H-pyrrole nitrogens is 4. The number of nitrogens with one attached hydrogen (secondary N) is 8. The zero-order valence-electron chi connectivity index (χ0n) is 63.2. The van der Waals surface area contributed by atoms with Crippen molar-refractivity contribution in [3.8, 4) is 66.8 Å². The Bertz CT molecular complexity index is 6520. The molecule has 4 aromatic carbocycles. The maximum Gasteiger partial charge on any atom is 0.186 e. The number of anilines is 8. The van der Waals surface area contributed by atoms with Crippen LogP contribution in [0.3, 0.4) is 0 Å². The molecule has 0 radical (unpaired) electrons. The molecular formula is C87H75N21O6S. The summed E-state index contributed by atoms with van der Waals surface area (Å²) in [6.07, 6.45) is 47.8. The van der Waals surface area contributed by atoms with Gasteiger partial charge in [-0.1, -0.05) is 91.1 Å². The molecule has 570 valence electrons. The maximum absolute atomic E-state index is 5.83. The largest absolute Gasteiger partial charge is 0.495 e. The molecule has 115 heavy (non-hydrogen) atoms. The monoisotopic (exact) mass is 1540 g/mol. The molecule has 20 rings (SSSR count). The fourth-order valence-electron chi connectivity index (χ4n) is 14.0. The Morgan fingerprint density at radius 1 is 0.461 bits per heavy atom. The average Bonchev–Trinajstić information content (AvgIpc) is 1.65. The van der Waals surface area contributed by atoms with E-state index >= 15 is 0 Å². The molecule has 0 aliphatic heterocycles. The summed E-state index contributed by atoms with van der Waals surface area (Å²) in [4.78, 5) is 39.8. The topological polar surface area (TPSA) is 334 Å². The molecule has 0 fully saturated rings. The highest BCUT2D eigenvalue weighted by Gasteiger charge is 2.24. The van der Waals surface area contributed by atoms with Gasteiger partial charge in [-0.2, -0.15) is 20.4 Å². The van der Waals surface area contributed by atoms with E-state index in [2.05, 4.69) is 205 Å². The van der Waals surface area contributed by atoms with Crippen LogP contribution in [0.15, 0.2) is 247 Å². The van der Waals surface area contributed by atoms with Crippen molar-refractivity contribution in [1.82, 2.24) is 85.2 Å². The number of nitrogens with zero attached hydrogens (tertiary/aromatic N) is 13. The molecule has 0 saturated heterocycles. The fraction of sp³-hybridized carbons (Fsp3) is 0.126. The minimum absolute atomic E-state index is 0.563. The van der Waals surface area contributed by atoms with Crippen LogP contribution in [0.4, 0.5) is 46.0 Å². The van der Waals surface area contributed by atoms with Crippen LogP contribution in [-0.4, -0.2) is 113 Å². The normalized spacial score (nSPS) is 13.1. The Balaban J connectivity index is 0.000000111. The Morgan fingerprint density at radius 3 is 1.28 bits per heavy atom. The number of hydrogen-bond donors (Lipinski definition) is 8. The van der Waals surface area contributed by atoms with Gasteiger partial charge in [-0.15, -0.1) is 11.3 Å². The van der Waals surface area contributed by atoms with E-state index in [0.717, 1.165) is 183 Å². The minimum atomic E-state index is 0.563. The van der Waals surface area contributed by atoms with Crippen molar-refractivity contribution >= 4 is 124 Å². The van der Waals surface area contributed by atoms with Gasteiger partial charge in [-0.25, -0.2) is 39.9 Å². The molecule has 16 aromatic rings. The van der Waals surface area contributed by atoms with E-state index in [4.69, 9.17) is 27.8 Å². The van der Waals surface area contributed by atoms with Gasteiger partial charge >= 0.3 is 0 Å². The van der Waals surface area contributed by atoms with Crippen LogP contribution in [0.2, 0.25) is 0 Å². The minimum Gasteiger partial charge on any atom is -0.495 e. The van der Waals surface area contributed by atoms with E-state index in [0.29, 0.717) is 41.0 Å². The molecular weight excluding hydrogens is 1470 g/mol. The number of benzene rings is 4. The number of aromatic nitrogens is 17. The Kier molecular flexibility index (Phi) is 20.8. The van der Waals surface area contributed by atoms with Crippen LogP contribution in [0.25, 0.3) is 110 Å². The second-order valence-corrected chi connectivity index (χ2v) is 27.6. The summed E-state index contributed by atoms with van der Waals surface area (Å²) in [6.45, 7) is 4.65. The molecule has 0 amide bonds. The zero-order valence-corrected chi connectivity index (χ0v) is 64.0. The summed E-state index contributed by atoms with van der Waals surface area (Å²) in [5.41, 5.74) is 22.7. The highest BCUT2D eigenvalue weighted by atomic mass is 32.1. The third-order valence-electron chi connectivity index (χ3n) is 19.5. The number of aromatic amines is 4. The van der Waals surface area contributed by atoms with Gasteiger partial charge in [0.25, 0.3) is 0 Å². The highest BCUT2D eigenvalue weighted by Crippen LogP contribution is 2.43. The molecule has 4 aliphatic rings. The summed E-state index contributed by atoms with van der Waals surface area (Å²) in [7, 11) is 6.88. The van der Waals surface area contributed by atoms with Crippen molar-refractivity contribution < 1.29 is 27.8 Å². The standard InChI is InChI=1S/C22H19N5O2.C22H19N5OS.C22H18N4O2.C21H19N7O/c1-2-29-18-8-7-15(16-9-10-28-12-16)11-17(18)25-21-19-20(14-5-3-4-6-14)26-27-22(19)24-13-23-21;1-13-9-10-29-20(13)15-7-8-17(28-2)16(11-15)25-21-18-19(14-5-3-4-6-14)26-27-22(18)24-12-23-21;1-27-19-7-6-15(16-8-9-28-12-16)10-18(19)26-22-20-17(14-4-2-3-5-14)11-23-21(20)24-13-25-22;1-28-11-15(10-24-28)14-7-8-17(29-2)16(9-14)25-20-18-19(13-5-3-4-6-13)26-27-21(18)23-12-22-20/h3,5-13H,2,4H2,1H3,(H2,23,24,25,26,27);3,5-12H,4H2,1-2H3,(H2,23,24,25,26,27);2,4-13H,3H2,1H3,(H2,23,24,25,26);3,5-12H,4H2,1-2H3,(H2,22,23,25,26,27). The Labute approximate surface area is 662 Å². The molecule has 27 nitrogen and oxygen atoms in total. The number of fused-ring (bicyclic) bond motifs is 4. The number of furan rings is 2. The molecule has 0 unspecified atom stereocenters. The average molecular weight is 1540 g/mol. The molecule has 0 bridgehead atoms. The lowest BCUT2D eigenvalue weighted by Gasteiger charge is -2.14. The van der Waals surface area contributed by atoms with Crippen LogP contribution < -0.4 is 40.2 Å². The summed E-state index contributed by atoms with van der Waals surface area (Å²) in [5.74, 6) is 5.71. The lowest BCUT2D eigenvalue weighted by Crippen LogP contribution is -2.01. The summed E-state index contributed by atoms with van der Waals surface area (Å²) in [5, 5.41) is 46.0. The van der Waals surface area contributed by atoms with E-state index in [1.807, 2.05) is 105 Å². The van der Waals surface area contributed by atoms with Gasteiger partial charge in [0.15, 0.2) is 16.9 Å². The Hall–Kier alpha value is -15.1. The molecule has 28 heteroatoms. The molecule has 8 N–H and O–H groups in total. The van der Waals surface area contributed by atoms with E-state index in [1.54, 1.807) is 68.7 Å². The van der Waals surface area contributed by atoms with Crippen LogP contribution in [0.5, 0.6) is 23.0 Å². The highest BCUT2D eigenvalue weighted by molar-refractivity contribution is 7.13. The molecule has 0 saturated carbocycles. The SMILES string of the molecule is CCOc1ccc(-c2ccoc2)cc1Nc1ncnc2n[nH]c(C3=CCC=C3)c12.COc1ccc(-c2ccoc2)cc1Nc1ncnc2[nH]cc(C3=CCC=C3)c12.COc1ccc(-c2cnn(C)c2)cc1Nc1ncnc2n[nH]c(C3=CCC=C3)c12.COc1ccc(-c2sccc2C)cc1Nc1ncnc2n[nH]c(C3=CCC=C3)c12. The van der Waals surface area contributed by atoms with Gasteiger partial charge in [0.05, 0.1) is 121 Å². The first-order valence-electron chi connectivity index (χ1n) is 37.0. The van der Waals surface area contributed by atoms with Gasteiger partial charge in [-0.3, -0.25) is 20.0 Å². The van der Waals surface area contributed by atoms with Gasteiger partial charge in [-0.05, 0) is 168 Å². The lowest BCUT2D eigenvalue weighted by molar-refractivity contribution is 0.342. The predicted molar refractivity (Wildman–Crippen MR) is 451 cm³/mol. The third kappa shape index (κ3) is 15.2. The van der Waals surface area contributed by atoms with Gasteiger partial charge < -0.3 is 54.0 Å². The van der Waals surface area contributed by atoms with E-state index in [-0.39, 0.29) is 0 Å². The summed E-state index contributed by atoms with van der Waals surface area (Å²) < 4.78 is 34.8. The number of methoxy groups -OCH3 is 3. The van der Waals surface area contributed by atoms with E-state index < -0.39 is 0 Å². The summed E-state index contributed by atoms with van der Waals surface area (Å²) >= 11 is 1.73. The number of thiophene rings is 1. The smallest absolute Gasteiger partial charge is 0.186 e. The summed E-state index contributed by atoms with van der Waals surface area (Å²) in [6, 6.07) is 30.1. The fourth-order valence-corrected chi connectivity index (χ4v) is 14.9. The van der Waals surface area contributed by atoms with E-state index in [1.165, 1.54) is 35.0 Å².